The largest absolute Gasteiger partial charge is 0.281 e. The van der Waals surface area contributed by atoms with Crippen LogP contribution in [0.15, 0.2) is 24.3 Å². The van der Waals surface area contributed by atoms with E-state index in [1.807, 2.05) is 0 Å². The molecule has 0 spiro atoms. The molecule has 0 aromatic heterocycles. The zero-order valence-electron chi connectivity index (χ0n) is 5.88. The van der Waals surface area contributed by atoms with Crippen molar-refractivity contribution < 1.29 is 4.79 Å². The van der Waals surface area contributed by atoms with Crippen molar-refractivity contribution in [3.63, 3.8) is 0 Å². The third kappa shape index (κ3) is 2.77. The van der Waals surface area contributed by atoms with Gasteiger partial charge in [-0.15, -0.1) is 0 Å². The Labute approximate surface area is 71.8 Å². The molecular weight excluding hydrogens is 158 g/mol. The summed E-state index contributed by atoms with van der Waals surface area (Å²) in [5.74, 6) is 0. The van der Waals surface area contributed by atoms with Crippen LogP contribution in [0.5, 0.6) is 0 Å². The van der Waals surface area contributed by atoms with Crippen molar-refractivity contribution in [2.75, 3.05) is 0 Å². The lowest BCUT2D eigenvalue weighted by Crippen LogP contribution is -2.02. The average Bonchev–Trinajstić information content (AvgIpc) is 1.93. The molecule has 0 unspecified atom stereocenters. The molecule has 1 nitrogen and oxygen atoms in total. The lowest BCUT2D eigenvalue weighted by Gasteiger charge is -1.96. The third-order valence-electron chi connectivity index (χ3n) is 1.32. The number of halogens is 1. The fourth-order valence-electron chi connectivity index (χ4n) is 0.796. The topological polar surface area (TPSA) is 17.1 Å². The molecule has 3 heteroatoms. The maximum Gasteiger partial charge on any atom is 0.226 e. The van der Waals surface area contributed by atoms with Gasteiger partial charge in [0.2, 0.25) is 5.24 Å². The monoisotopic (exact) mass is 164 g/mol. The highest BCUT2D eigenvalue weighted by atomic mass is 35.5. The Morgan fingerprint density at radius 3 is 2.36 bits per heavy atom. The molecule has 11 heavy (non-hydrogen) atoms. The molecule has 0 saturated carbocycles. The van der Waals surface area contributed by atoms with Crippen molar-refractivity contribution in [2.45, 2.75) is 6.42 Å². The number of hydrogen-bond acceptors (Lipinski definition) is 1. The maximum absolute atomic E-state index is 10.4. The van der Waals surface area contributed by atoms with Gasteiger partial charge in [-0.3, -0.25) is 4.79 Å². The minimum Gasteiger partial charge on any atom is -0.281 e. The zero-order valence-corrected chi connectivity index (χ0v) is 6.64. The fourth-order valence-corrected chi connectivity index (χ4v) is 0.950. The predicted molar refractivity (Wildman–Crippen MR) is 46.4 cm³/mol. The van der Waals surface area contributed by atoms with Crippen LogP contribution in [0.1, 0.15) is 5.56 Å². The van der Waals surface area contributed by atoms with Crippen LogP contribution in [0, 0.1) is 0 Å². The van der Waals surface area contributed by atoms with E-state index < -0.39 is 0 Å². The van der Waals surface area contributed by atoms with Gasteiger partial charge in [0, 0.05) is 6.42 Å². The van der Waals surface area contributed by atoms with Crippen LogP contribution in [0.3, 0.4) is 0 Å². The zero-order chi connectivity index (χ0) is 8.27. The van der Waals surface area contributed by atoms with E-state index in [0.717, 1.165) is 5.56 Å². The van der Waals surface area contributed by atoms with E-state index >= 15 is 0 Å². The van der Waals surface area contributed by atoms with Crippen LogP contribution in [-0.2, 0) is 11.2 Å². The molecule has 1 aromatic rings. The summed E-state index contributed by atoms with van der Waals surface area (Å²) in [5, 5.41) is -0.352. The lowest BCUT2D eigenvalue weighted by molar-refractivity contribution is -0.111. The molecule has 1 aromatic carbocycles. The van der Waals surface area contributed by atoms with Crippen molar-refractivity contribution in [2.24, 2.45) is 0 Å². The Hall–Kier alpha value is -0.755. The smallest absolute Gasteiger partial charge is 0.226 e. The second-order valence-corrected chi connectivity index (χ2v) is 2.70. The first-order chi connectivity index (χ1) is 5.18. The van der Waals surface area contributed by atoms with Gasteiger partial charge in [0.1, 0.15) is 7.85 Å². The Morgan fingerprint density at radius 1 is 1.36 bits per heavy atom. The highest BCUT2D eigenvalue weighted by Gasteiger charge is 1.97. The van der Waals surface area contributed by atoms with Crippen LogP contribution in [0.2, 0.25) is 0 Å². The Balaban J connectivity index is 2.74. The average molecular weight is 164 g/mol. The molecule has 54 valence electrons. The maximum atomic E-state index is 10.4. The molecule has 0 saturated heterocycles. The molecule has 0 atom stereocenters. The fraction of sp³-hybridized carbons (Fsp3) is 0.125. The molecule has 0 N–H and O–H groups in total. The summed E-state index contributed by atoms with van der Waals surface area (Å²) < 4.78 is 0. The van der Waals surface area contributed by atoms with Crippen molar-refractivity contribution in [1.29, 1.82) is 0 Å². The molecular formula is C8H6BClO. The van der Waals surface area contributed by atoms with E-state index in [1.54, 1.807) is 24.3 Å². The normalized spacial score (nSPS) is 9.55. The van der Waals surface area contributed by atoms with Crippen molar-refractivity contribution >= 4 is 30.2 Å². The SMILES string of the molecule is [B]c1ccc(CC(=O)Cl)cc1. The third-order valence-corrected chi connectivity index (χ3v) is 1.46. The molecule has 0 fully saturated rings. The minimum atomic E-state index is -0.352. The van der Waals surface area contributed by atoms with Gasteiger partial charge in [-0.1, -0.05) is 29.7 Å². The van der Waals surface area contributed by atoms with Crippen LogP contribution in [-0.4, -0.2) is 13.1 Å². The number of hydrogen-bond donors (Lipinski definition) is 0. The summed E-state index contributed by atoms with van der Waals surface area (Å²) in [7, 11) is 5.44. The predicted octanol–water partition coefficient (Wildman–Crippen LogP) is 0.788. The molecule has 0 heterocycles. The first-order valence-corrected chi connectivity index (χ1v) is 3.59. The minimum absolute atomic E-state index is 0.266. The van der Waals surface area contributed by atoms with Gasteiger partial charge in [0.05, 0.1) is 0 Å². The Kier molecular flexibility index (Phi) is 2.72. The van der Waals surface area contributed by atoms with Gasteiger partial charge in [-0.05, 0) is 17.2 Å². The first kappa shape index (κ1) is 8.34. The highest BCUT2D eigenvalue weighted by Crippen LogP contribution is 1.99. The van der Waals surface area contributed by atoms with E-state index in [0.29, 0.717) is 5.46 Å². The van der Waals surface area contributed by atoms with Gasteiger partial charge in [-0.2, -0.15) is 0 Å². The molecule has 2 radical (unpaired) electrons. The number of carbonyl (C=O) groups excluding carboxylic acids is 1. The summed E-state index contributed by atoms with van der Waals surface area (Å²) in [4.78, 5) is 10.4. The highest BCUT2D eigenvalue weighted by molar-refractivity contribution is 6.63. The summed E-state index contributed by atoms with van der Waals surface area (Å²) in [6, 6.07) is 7.07. The Bertz CT molecular complexity index is 255. The van der Waals surface area contributed by atoms with E-state index in [2.05, 4.69) is 0 Å². The van der Waals surface area contributed by atoms with Gasteiger partial charge < -0.3 is 0 Å². The quantitative estimate of drug-likeness (QED) is 0.466. The molecule has 0 bridgehead atoms. The molecule has 0 aliphatic rings. The number of rotatable bonds is 2. The second-order valence-electron chi connectivity index (χ2n) is 2.27. The summed E-state index contributed by atoms with van der Waals surface area (Å²) in [5.41, 5.74) is 1.58. The van der Waals surface area contributed by atoms with E-state index in [9.17, 15) is 4.79 Å². The van der Waals surface area contributed by atoms with Crippen molar-refractivity contribution in [1.82, 2.24) is 0 Å². The van der Waals surface area contributed by atoms with Crippen LogP contribution in [0.4, 0.5) is 0 Å². The van der Waals surface area contributed by atoms with Gasteiger partial charge in [0.15, 0.2) is 0 Å². The summed E-state index contributed by atoms with van der Waals surface area (Å²) in [6.45, 7) is 0. The molecule has 0 amide bonds. The Morgan fingerprint density at radius 2 is 1.91 bits per heavy atom. The lowest BCUT2D eigenvalue weighted by atomic mass is 9.95. The van der Waals surface area contributed by atoms with Crippen LogP contribution >= 0.6 is 11.6 Å². The van der Waals surface area contributed by atoms with Crippen LogP contribution < -0.4 is 5.46 Å². The first-order valence-electron chi connectivity index (χ1n) is 3.21. The van der Waals surface area contributed by atoms with E-state index in [-0.39, 0.29) is 11.7 Å². The van der Waals surface area contributed by atoms with Gasteiger partial charge in [0.25, 0.3) is 0 Å². The second kappa shape index (κ2) is 3.58. The van der Waals surface area contributed by atoms with Crippen molar-refractivity contribution in [3.8, 4) is 0 Å². The number of carbonyl (C=O) groups is 1. The summed E-state index contributed by atoms with van der Waals surface area (Å²) >= 11 is 5.18. The van der Waals surface area contributed by atoms with Gasteiger partial charge in [-0.25, -0.2) is 0 Å². The van der Waals surface area contributed by atoms with E-state index in [1.165, 1.54) is 0 Å². The molecule has 1 rings (SSSR count). The standard InChI is InChI=1S/C8H6BClO/c9-7-3-1-6(2-4-7)5-8(10)11/h1-4H,5H2. The molecule has 0 aliphatic carbocycles. The van der Waals surface area contributed by atoms with Crippen molar-refractivity contribution in [3.05, 3.63) is 29.8 Å². The van der Waals surface area contributed by atoms with E-state index in [4.69, 9.17) is 19.4 Å². The number of benzene rings is 1. The summed E-state index contributed by atoms with van der Waals surface area (Å²) in [6.07, 6.45) is 0.266. The van der Waals surface area contributed by atoms with Gasteiger partial charge >= 0.3 is 0 Å². The molecule has 0 aliphatic heterocycles. The van der Waals surface area contributed by atoms with Crippen LogP contribution in [0.25, 0.3) is 0 Å².